The van der Waals surface area contributed by atoms with Gasteiger partial charge in [0.15, 0.2) is 0 Å². The Labute approximate surface area is 83.3 Å². The highest BCUT2D eigenvalue weighted by Gasteiger charge is 2.28. The molecule has 0 saturated heterocycles. The molecule has 1 aromatic carbocycles. The normalized spacial score (nSPS) is 11.5. The van der Waals surface area contributed by atoms with Crippen molar-refractivity contribution in [3.8, 4) is 0 Å². The van der Waals surface area contributed by atoms with Crippen LogP contribution in [0, 0.1) is 4.84 Å². The summed E-state index contributed by atoms with van der Waals surface area (Å²) in [5.41, 5.74) is -0.345. The summed E-state index contributed by atoms with van der Waals surface area (Å²) in [6.45, 7) is 0. The van der Waals surface area contributed by atoms with Crippen molar-refractivity contribution in [3.63, 3.8) is 0 Å². The molecule has 0 aliphatic rings. The number of rotatable bonds is 1. The second kappa shape index (κ2) is 3.68. The van der Waals surface area contributed by atoms with E-state index in [2.05, 4.69) is 0 Å². The molecule has 0 saturated carbocycles. The monoisotopic (exact) mass is 227 g/mol. The summed E-state index contributed by atoms with van der Waals surface area (Å²) in [4.78, 5) is -0.0475. The maximum atomic E-state index is 12.0. The summed E-state index contributed by atoms with van der Waals surface area (Å²) in [6, 6.07) is 4.30. The maximum absolute atomic E-state index is 12.0. The number of benzene rings is 1. The van der Waals surface area contributed by atoms with Gasteiger partial charge in [-0.25, -0.2) is 0 Å². The van der Waals surface area contributed by atoms with E-state index in [1.54, 1.807) is 0 Å². The van der Waals surface area contributed by atoms with Crippen molar-refractivity contribution in [2.45, 2.75) is 6.18 Å². The fourth-order valence-electron chi connectivity index (χ4n) is 0.785. The molecule has 0 nitrogen and oxygen atoms in total. The molecule has 13 heavy (non-hydrogen) atoms. The number of alkyl halides is 3. The van der Waals surface area contributed by atoms with Crippen LogP contribution in [0.5, 0.6) is 0 Å². The van der Waals surface area contributed by atoms with Crippen molar-refractivity contribution in [2.75, 3.05) is 0 Å². The first kappa shape index (κ1) is 10.5. The smallest absolute Gasteiger partial charge is 0.166 e. The number of hydrogen-bond acceptors (Lipinski definition) is 0. The Morgan fingerprint density at radius 1 is 1.00 bits per heavy atom. The molecule has 72 valence electrons. The molecule has 0 spiro atoms. The van der Waals surface area contributed by atoms with Gasteiger partial charge < -0.3 is 0 Å². The molecule has 0 unspecified atom stereocenters. The van der Waals surface area contributed by atoms with Gasteiger partial charge in [-0.15, -0.1) is 12.1 Å². The predicted octanol–water partition coefficient (Wildman–Crippen LogP) is 4.02. The molecule has 0 bridgehead atoms. The van der Waals surface area contributed by atoms with E-state index >= 15 is 0 Å². The molecule has 0 aliphatic heterocycles. The van der Waals surface area contributed by atoms with Crippen LogP contribution < -0.4 is 0 Å². The van der Waals surface area contributed by atoms with Crippen LogP contribution in [-0.2, 0) is 6.18 Å². The average Bonchev–Trinajstić information content (AvgIpc) is 2.03. The summed E-state index contributed by atoms with van der Waals surface area (Å²) < 4.78 is 36.1. The zero-order valence-corrected chi connectivity index (χ0v) is 7.71. The first-order valence-electron chi connectivity index (χ1n) is 3.27. The van der Waals surface area contributed by atoms with Crippen LogP contribution in [0.3, 0.4) is 0 Å². The minimum absolute atomic E-state index is 0.0475. The van der Waals surface area contributed by atoms with Crippen LogP contribution >= 0.6 is 23.2 Å². The molecule has 0 atom stereocenters. The molecule has 1 aromatic rings. The first-order chi connectivity index (χ1) is 5.91. The quantitative estimate of drug-likeness (QED) is 0.636. The van der Waals surface area contributed by atoms with Crippen LogP contribution in [0.4, 0.5) is 13.2 Å². The summed E-state index contributed by atoms with van der Waals surface area (Å²) in [7, 11) is 0. The predicted molar refractivity (Wildman–Crippen MR) is 45.5 cm³/mol. The standard InChI is InChI=1S/C8H4Cl2F3/c9-7(10)5-1-3-6(4-2-5)8(11,12)13/h1-4H/q-1. The van der Waals surface area contributed by atoms with Crippen molar-refractivity contribution in [3.05, 3.63) is 40.2 Å². The molecule has 5 heteroatoms. The highest BCUT2D eigenvalue weighted by molar-refractivity contribution is 6.54. The summed E-state index contributed by atoms with van der Waals surface area (Å²) in [5, 5.41) is 0. The molecule has 0 N–H and O–H groups in total. The lowest BCUT2D eigenvalue weighted by atomic mass is 10.1. The Bertz CT molecular complexity index is 276. The Kier molecular flexibility index (Phi) is 2.98. The molecule has 0 heterocycles. The molecule has 0 fully saturated rings. The Morgan fingerprint density at radius 3 is 1.77 bits per heavy atom. The van der Waals surface area contributed by atoms with Crippen molar-refractivity contribution in [1.29, 1.82) is 0 Å². The first-order valence-corrected chi connectivity index (χ1v) is 4.02. The lowest BCUT2D eigenvalue weighted by Crippen LogP contribution is -2.04. The van der Waals surface area contributed by atoms with Gasteiger partial charge in [-0.3, -0.25) is 0 Å². The van der Waals surface area contributed by atoms with Crippen LogP contribution in [0.25, 0.3) is 0 Å². The lowest BCUT2D eigenvalue weighted by molar-refractivity contribution is -0.137. The third kappa shape index (κ3) is 2.71. The van der Waals surface area contributed by atoms with Crippen LogP contribution in [0.15, 0.2) is 24.3 Å². The number of hydrogen-bond donors (Lipinski definition) is 0. The van der Waals surface area contributed by atoms with Gasteiger partial charge in [0.05, 0.1) is 0 Å². The third-order valence-electron chi connectivity index (χ3n) is 1.43. The van der Waals surface area contributed by atoms with Gasteiger partial charge in [0.25, 0.3) is 0 Å². The molecule has 0 aromatic heterocycles. The molecule has 0 amide bonds. The van der Waals surface area contributed by atoms with Crippen LogP contribution in [0.2, 0.25) is 0 Å². The Morgan fingerprint density at radius 2 is 1.46 bits per heavy atom. The minimum atomic E-state index is -4.32. The molecule has 0 aliphatic carbocycles. The molecule has 0 radical (unpaired) electrons. The number of halogens is 5. The van der Waals surface area contributed by atoms with E-state index in [0.29, 0.717) is 5.56 Å². The van der Waals surface area contributed by atoms with Crippen molar-refractivity contribution >= 4 is 23.2 Å². The average molecular weight is 228 g/mol. The summed E-state index contributed by atoms with van der Waals surface area (Å²) in [6.07, 6.45) is -4.32. The fourth-order valence-corrected chi connectivity index (χ4v) is 1.04. The van der Waals surface area contributed by atoms with E-state index < -0.39 is 11.7 Å². The van der Waals surface area contributed by atoms with E-state index in [1.807, 2.05) is 0 Å². The van der Waals surface area contributed by atoms with Gasteiger partial charge in [0.1, 0.15) is 0 Å². The van der Waals surface area contributed by atoms with Gasteiger partial charge in [-0.05, 0) is 0 Å². The summed E-state index contributed by atoms with van der Waals surface area (Å²) in [5.74, 6) is 0. The third-order valence-corrected chi connectivity index (χ3v) is 1.87. The Hall–Kier alpha value is -0.540. The van der Waals surface area contributed by atoms with Gasteiger partial charge in [-0.2, -0.15) is 54.1 Å². The van der Waals surface area contributed by atoms with Gasteiger partial charge in [0, 0.05) is 10.4 Å². The van der Waals surface area contributed by atoms with Gasteiger partial charge >= 0.3 is 6.18 Å². The SMILES string of the molecule is FC(F)(F)c1ccc([C-](Cl)Cl)cc1. The molecular formula is C8H4Cl2F3-. The van der Waals surface area contributed by atoms with Gasteiger partial charge in [-0.1, -0.05) is 0 Å². The zero-order chi connectivity index (χ0) is 10.1. The largest absolute Gasteiger partial charge is 0.414 e. The molecule has 1 rings (SSSR count). The van der Waals surface area contributed by atoms with Crippen LogP contribution in [-0.4, -0.2) is 0 Å². The Balaban J connectivity index is 2.94. The van der Waals surface area contributed by atoms with E-state index in [0.717, 1.165) is 12.1 Å². The van der Waals surface area contributed by atoms with Crippen molar-refractivity contribution in [2.24, 2.45) is 0 Å². The molecular weight excluding hydrogens is 224 g/mol. The topological polar surface area (TPSA) is 0 Å². The van der Waals surface area contributed by atoms with E-state index in [9.17, 15) is 13.2 Å². The van der Waals surface area contributed by atoms with Gasteiger partial charge in [0.2, 0.25) is 0 Å². The van der Waals surface area contributed by atoms with E-state index in [1.165, 1.54) is 12.1 Å². The van der Waals surface area contributed by atoms with E-state index in [-0.39, 0.29) is 4.84 Å². The maximum Gasteiger partial charge on any atom is 0.414 e. The highest BCUT2D eigenvalue weighted by Crippen LogP contribution is 2.31. The van der Waals surface area contributed by atoms with Crippen LogP contribution in [0.1, 0.15) is 11.1 Å². The van der Waals surface area contributed by atoms with E-state index in [4.69, 9.17) is 23.2 Å². The van der Waals surface area contributed by atoms with Crippen molar-refractivity contribution in [1.82, 2.24) is 0 Å². The zero-order valence-electron chi connectivity index (χ0n) is 6.20. The highest BCUT2D eigenvalue weighted by atomic mass is 35.5. The fraction of sp³-hybridized carbons (Fsp3) is 0.125. The minimum Gasteiger partial charge on any atom is -0.166 e. The second-order valence-corrected chi connectivity index (χ2v) is 3.28. The van der Waals surface area contributed by atoms with Crippen molar-refractivity contribution < 1.29 is 13.2 Å². The second-order valence-electron chi connectivity index (χ2n) is 2.34. The summed E-state index contributed by atoms with van der Waals surface area (Å²) >= 11 is 10.7. The lowest BCUT2D eigenvalue weighted by Gasteiger charge is -2.13.